The zero-order valence-corrected chi connectivity index (χ0v) is 14.8. The van der Waals surface area contributed by atoms with Crippen LogP contribution < -0.4 is 15.8 Å². The minimum Gasteiger partial charge on any atom is -0.431 e. The Morgan fingerprint density at radius 1 is 1.27 bits per heavy atom. The first kappa shape index (κ1) is 18.1. The van der Waals surface area contributed by atoms with Crippen LogP contribution in [0, 0.1) is 0 Å². The van der Waals surface area contributed by atoms with Gasteiger partial charge in [0.15, 0.2) is 11.5 Å². The first-order chi connectivity index (χ1) is 12.5. The molecular weight excluding hydrogens is 355 g/mol. The third-order valence-corrected chi connectivity index (χ3v) is 4.57. The van der Waals surface area contributed by atoms with Crippen molar-refractivity contribution in [3.63, 3.8) is 0 Å². The van der Waals surface area contributed by atoms with Crippen molar-refractivity contribution in [2.45, 2.75) is 12.6 Å². The Hall–Kier alpha value is -2.74. The van der Waals surface area contributed by atoms with Crippen molar-refractivity contribution in [2.75, 3.05) is 12.1 Å². The smallest absolute Gasteiger partial charge is 0.339 e. The third-order valence-electron chi connectivity index (χ3n) is 3.54. The van der Waals surface area contributed by atoms with Crippen LogP contribution in [0.4, 0.5) is 5.82 Å². The van der Waals surface area contributed by atoms with Crippen molar-refractivity contribution in [1.29, 1.82) is 0 Å². The average molecular weight is 374 g/mol. The lowest BCUT2D eigenvalue weighted by molar-refractivity contribution is 0.104. The van der Waals surface area contributed by atoms with E-state index in [1.165, 1.54) is 6.33 Å². The molecular formula is C16H19N6O3P. The maximum absolute atomic E-state index is 12.4. The molecule has 0 bridgehead atoms. The first-order valence-electron chi connectivity index (χ1n) is 7.76. The lowest BCUT2D eigenvalue weighted by Gasteiger charge is -2.19. The van der Waals surface area contributed by atoms with Gasteiger partial charge in [-0.05, 0) is 12.1 Å². The summed E-state index contributed by atoms with van der Waals surface area (Å²) < 4.78 is 25.1. The maximum Gasteiger partial charge on any atom is 0.339 e. The Labute approximate surface area is 150 Å². The Kier molecular flexibility index (Phi) is 5.32. The summed E-state index contributed by atoms with van der Waals surface area (Å²) in [7, 11) is -3.47. The molecule has 0 radical (unpaired) electrons. The van der Waals surface area contributed by atoms with Crippen molar-refractivity contribution < 1.29 is 13.8 Å². The van der Waals surface area contributed by atoms with E-state index < -0.39 is 13.6 Å². The summed E-state index contributed by atoms with van der Waals surface area (Å²) >= 11 is 0. The predicted molar refractivity (Wildman–Crippen MR) is 98.5 cm³/mol. The molecule has 2 heterocycles. The van der Waals surface area contributed by atoms with Crippen molar-refractivity contribution in [2.24, 2.45) is 5.50 Å². The Morgan fingerprint density at radius 2 is 2.04 bits per heavy atom. The van der Waals surface area contributed by atoms with Gasteiger partial charge < -0.3 is 19.6 Å². The Morgan fingerprint density at radius 3 is 2.77 bits per heavy atom. The molecule has 4 N–H and O–H groups in total. The van der Waals surface area contributed by atoms with Gasteiger partial charge in [-0.1, -0.05) is 24.3 Å². The van der Waals surface area contributed by atoms with Crippen LogP contribution in [0.1, 0.15) is 0 Å². The van der Waals surface area contributed by atoms with Crippen LogP contribution in [-0.4, -0.2) is 32.0 Å². The maximum atomic E-state index is 12.4. The largest absolute Gasteiger partial charge is 0.431 e. The minimum atomic E-state index is -3.47. The second-order valence-electron chi connectivity index (χ2n) is 5.53. The molecule has 3 aromatic rings. The molecule has 136 valence electrons. The topological polar surface area (TPSA) is 131 Å². The number of benzene rings is 1. The molecule has 26 heavy (non-hydrogen) atoms. The number of nitrogens with two attached hydrogens (primary N) is 2. The van der Waals surface area contributed by atoms with Gasteiger partial charge in [0.05, 0.1) is 19.0 Å². The number of imidazole rings is 1. The minimum absolute atomic E-state index is 0.262. The molecule has 0 fully saturated rings. The lowest BCUT2D eigenvalue weighted by Crippen LogP contribution is -2.20. The van der Waals surface area contributed by atoms with E-state index in [4.69, 9.17) is 20.5 Å². The Bertz CT molecular complexity index is 946. The highest BCUT2D eigenvalue weighted by molar-refractivity contribution is 7.56. The van der Waals surface area contributed by atoms with Gasteiger partial charge >= 0.3 is 7.52 Å². The zero-order valence-electron chi connectivity index (χ0n) is 13.9. The molecule has 1 unspecified atom stereocenters. The van der Waals surface area contributed by atoms with Gasteiger partial charge in [0.2, 0.25) is 0 Å². The predicted octanol–water partition coefficient (Wildman–Crippen LogP) is 2.17. The lowest BCUT2D eigenvalue weighted by atomic mass is 10.3. The van der Waals surface area contributed by atoms with Gasteiger partial charge in [0.1, 0.15) is 23.9 Å². The van der Waals surface area contributed by atoms with Crippen molar-refractivity contribution in [3.8, 4) is 5.75 Å². The molecule has 0 aliphatic heterocycles. The molecule has 2 atom stereocenters. The van der Waals surface area contributed by atoms with Crippen LogP contribution in [0.3, 0.4) is 0 Å². The fourth-order valence-corrected chi connectivity index (χ4v) is 3.24. The summed E-state index contributed by atoms with van der Waals surface area (Å²) in [6.45, 7) is 4.09. The molecule has 10 heteroatoms. The highest BCUT2D eigenvalue weighted by Gasteiger charge is 2.21. The molecule has 0 saturated carbocycles. The van der Waals surface area contributed by atoms with Gasteiger partial charge in [-0.15, -0.1) is 6.58 Å². The summed E-state index contributed by atoms with van der Waals surface area (Å²) in [5, 5.41) is 0. The number of ether oxygens (including phenoxy) is 1. The van der Waals surface area contributed by atoms with Gasteiger partial charge in [-0.3, -0.25) is 4.57 Å². The first-order valence-corrected chi connectivity index (χ1v) is 9.64. The fraction of sp³-hybridized carbons (Fsp3) is 0.188. The molecule has 3 rings (SSSR count). The molecule has 0 aliphatic carbocycles. The number of nitrogen functional groups attached to an aromatic ring is 1. The van der Waals surface area contributed by atoms with Crippen LogP contribution in [0.15, 0.2) is 55.6 Å². The molecule has 2 aromatic heterocycles. The fourth-order valence-electron chi connectivity index (χ4n) is 2.31. The number of aromatic nitrogens is 4. The molecule has 0 saturated heterocycles. The molecule has 9 nitrogen and oxygen atoms in total. The Balaban J connectivity index is 1.65. The van der Waals surface area contributed by atoms with Crippen molar-refractivity contribution in [3.05, 3.63) is 55.6 Å². The number of rotatable bonds is 8. The second-order valence-corrected chi connectivity index (χ2v) is 7.42. The van der Waals surface area contributed by atoms with Crippen LogP contribution in [0.25, 0.3) is 11.2 Å². The average Bonchev–Trinajstić information content (AvgIpc) is 3.03. The summed E-state index contributed by atoms with van der Waals surface area (Å²) in [4.78, 5) is 12.3. The van der Waals surface area contributed by atoms with E-state index in [0.717, 1.165) is 0 Å². The van der Waals surface area contributed by atoms with Gasteiger partial charge in [-0.2, -0.15) is 0 Å². The molecule has 0 aliphatic rings. The van der Waals surface area contributed by atoms with Crippen LogP contribution in [-0.2, 0) is 15.8 Å². The van der Waals surface area contributed by atoms with Crippen LogP contribution in [0.5, 0.6) is 5.75 Å². The summed E-state index contributed by atoms with van der Waals surface area (Å²) in [6, 6.07) is 8.70. The highest BCUT2D eigenvalue weighted by Crippen LogP contribution is 2.39. The normalized spacial score (nSPS) is 14.7. The van der Waals surface area contributed by atoms with E-state index in [-0.39, 0.29) is 6.35 Å². The van der Waals surface area contributed by atoms with E-state index in [2.05, 4.69) is 21.5 Å². The summed E-state index contributed by atoms with van der Waals surface area (Å²) in [5.74, 6) is 0.720. The van der Waals surface area contributed by atoms with E-state index in [0.29, 0.717) is 29.3 Å². The third kappa shape index (κ3) is 4.26. The number of hydrogen-bond acceptors (Lipinski definition) is 7. The number of anilines is 1. The molecule has 0 amide bonds. The number of fused-ring (bicyclic) bond motifs is 1. The molecule has 1 aromatic carbocycles. The van der Waals surface area contributed by atoms with Crippen molar-refractivity contribution >= 4 is 24.5 Å². The van der Waals surface area contributed by atoms with E-state index in [1.54, 1.807) is 41.2 Å². The summed E-state index contributed by atoms with van der Waals surface area (Å²) in [5.41, 5.74) is 12.6. The van der Waals surface area contributed by atoms with Crippen LogP contribution >= 0.6 is 7.52 Å². The van der Waals surface area contributed by atoms with E-state index in [1.807, 2.05) is 6.07 Å². The summed E-state index contributed by atoms with van der Waals surface area (Å²) in [6.07, 6.45) is 3.79. The SMILES string of the molecule is C=C[C@H](Cn1cnc2c(N)ncnc21)OCP(N)(=O)Oc1ccccc1. The molecule has 0 spiro atoms. The quantitative estimate of drug-likeness (QED) is 0.453. The zero-order chi connectivity index (χ0) is 18.6. The standard InChI is InChI=1S/C16H19N6O3P/c1-2-12(8-22-10-21-14-15(17)19-9-20-16(14)22)24-11-26(18,23)25-13-6-4-3-5-7-13/h2-7,9-10,12H,1,8,11H2,(H2,18,23)(H2,17,19,20)/t12-,26?/m1/s1. The number of hydrogen-bond donors (Lipinski definition) is 2. The number of para-hydroxylation sites is 1. The van der Waals surface area contributed by atoms with E-state index >= 15 is 0 Å². The van der Waals surface area contributed by atoms with Crippen LogP contribution in [0.2, 0.25) is 0 Å². The second kappa shape index (κ2) is 7.65. The van der Waals surface area contributed by atoms with Crippen molar-refractivity contribution in [1.82, 2.24) is 19.5 Å². The van der Waals surface area contributed by atoms with Gasteiger partial charge in [0, 0.05) is 0 Å². The monoisotopic (exact) mass is 374 g/mol. The highest BCUT2D eigenvalue weighted by atomic mass is 31.2. The van der Waals surface area contributed by atoms with Gasteiger partial charge in [0.25, 0.3) is 0 Å². The van der Waals surface area contributed by atoms with Gasteiger partial charge in [-0.25, -0.2) is 20.5 Å². The van der Waals surface area contributed by atoms with E-state index in [9.17, 15) is 4.57 Å². The number of nitrogens with zero attached hydrogens (tertiary/aromatic N) is 4.